The summed E-state index contributed by atoms with van der Waals surface area (Å²) in [4.78, 5) is 29.2. The molecule has 2 aromatic rings. The average Bonchev–Trinajstić information content (AvgIpc) is 3.28. The number of carbonyl (C=O) groups excluding carboxylic acids is 2. The molecule has 0 bridgehead atoms. The van der Waals surface area contributed by atoms with Gasteiger partial charge in [-0.2, -0.15) is 0 Å². The van der Waals surface area contributed by atoms with E-state index in [9.17, 15) is 9.59 Å². The minimum atomic E-state index is -0.264. The number of aromatic nitrogens is 1. The zero-order chi connectivity index (χ0) is 23.3. The number of halogens is 1. The number of oxazole rings is 1. The molecule has 33 heavy (non-hydrogen) atoms. The molecule has 1 aromatic carbocycles. The maximum atomic E-state index is 13.1. The van der Waals surface area contributed by atoms with Crippen LogP contribution in [0.3, 0.4) is 0 Å². The van der Waals surface area contributed by atoms with E-state index < -0.39 is 0 Å². The Kier molecular flexibility index (Phi) is 7.86. The van der Waals surface area contributed by atoms with E-state index in [-0.39, 0.29) is 23.3 Å². The maximum Gasteiger partial charge on any atom is 0.224 e. The Morgan fingerprint density at radius 2 is 1.97 bits per heavy atom. The molecule has 2 heterocycles. The Balaban J connectivity index is 1.40. The quantitative estimate of drug-likeness (QED) is 0.424. The molecule has 2 N–H and O–H groups in total. The molecule has 1 aliphatic carbocycles. The van der Waals surface area contributed by atoms with Gasteiger partial charge in [-0.1, -0.05) is 31.4 Å². The molecule has 2 atom stereocenters. The van der Waals surface area contributed by atoms with E-state index in [0.29, 0.717) is 35.3 Å². The molecule has 2 fully saturated rings. The van der Waals surface area contributed by atoms with Gasteiger partial charge in [-0.3, -0.25) is 9.59 Å². The van der Waals surface area contributed by atoms with E-state index >= 15 is 0 Å². The number of nitrogens with zero attached hydrogens (tertiary/aromatic N) is 1. The second-order valence-corrected chi connectivity index (χ2v) is 9.93. The number of hydrogen-bond donors (Lipinski definition) is 2. The molecule has 0 radical (unpaired) electrons. The topological polar surface area (TPSA) is 84.2 Å². The summed E-state index contributed by atoms with van der Waals surface area (Å²) in [5.41, 5.74) is 1.09. The molecule has 178 valence electrons. The van der Waals surface area contributed by atoms with Gasteiger partial charge in [0.15, 0.2) is 5.76 Å². The van der Waals surface area contributed by atoms with Crippen molar-refractivity contribution < 1.29 is 14.0 Å². The van der Waals surface area contributed by atoms with E-state index in [1.54, 1.807) is 6.20 Å². The van der Waals surface area contributed by atoms with Gasteiger partial charge in [-0.25, -0.2) is 4.98 Å². The van der Waals surface area contributed by atoms with Crippen molar-refractivity contribution in [2.45, 2.75) is 70.8 Å². The van der Waals surface area contributed by atoms with E-state index in [0.717, 1.165) is 63.6 Å². The van der Waals surface area contributed by atoms with Crippen molar-refractivity contribution in [1.82, 2.24) is 15.6 Å². The number of nitrogens with one attached hydrogen (secondary N) is 2. The van der Waals surface area contributed by atoms with Crippen molar-refractivity contribution in [3.63, 3.8) is 0 Å². The lowest BCUT2D eigenvalue weighted by atomic mass is 9.91. The summed E-state index contributed by atoms with van der Waals surface area (Å²) >= 11 is 6.00. The van der Waals surface area contributed by atoms with Crippen LogP contribution in [0.1, 0.15) is 76.6 Å². The number of hydrogen-bond acceptors (Lipinski definition) is 5. The van der Waals surface area contributed by atoms with Gasteiger partial charge in [0.25, 0.3) is 0 Å². The molecule has 1 saturated carbocycles. The molecule has 1 aromatic heterocycles. The number of rotatable bonds is 11. The molecule has 6 nitrogen and oxygen atoms in total. The van der Waals surface area contributed by atoms with E-state index in [2.05, 4.69) is 15.6 Å². The van der Waals surface area contributed by atoms with Gasteiger partial charge >= 0.3 is 0 Å². The number of piperidine rings is 1. The Morgan fingerprint density at radius 1 is 1.21 bits per heavy atom. The Bertz CT molecular complexity index is 950. The van der Waals surface area contributed by atoms with Crippen LogP contribution in [-0.4, -0.2) is 29.8 Å². The molecular formula is C26H34ClN3O3. The lowest BCUT2D eigenvalue weighted by Gasteiger charge is -2.24. The van der Waals surface area contributed by atoms with Gasteiger partial charge in [0, 0.05) is 29.3 Å². The van der Waals surface area contributed by atoms with E-state index in [4.69, 9.17) is 16.0 Å². The van der Waals surface area contributed by atoms with Crippen molar-refractivity contribution in [2.75, 3.05) is 13.1 Å². The summed E-state index contributed by atoms with van der Waals surface area (Å²) < 4.78 is 6.09. The van der Waals surface area contributed by atoms with Gasteiger partial charge in [-0.15, -0.1) is 0 Å². The van der Waals surface area contributed by atoms with Crippen molar-refractivity contribution in [1.29, 1.82) is 0 Å². The van der Waals surface area contributed by atoms with Gasteiger partial charge in [0.1, 0.15) is 11.8 Å². The molecule has 7 heteroatoms. The first-order valence-electron chi connectivity index (χ1n) is 12.3. The van der Waals surface area contributed by atoms with E-state index in [1.165, 1.54) is 0 Å². The van der Waals surface area contributed by atoms with Crippen LogP contribution in [-0.2, 0) is 9.59 Å². The molecule has 2 aliphatic rings. The average molecular weight is 472 g/mol. The van der Waals surface area contributed by atoms with Crippen LogP contribution in [0.2, 0.25) is 5.02 Å². The third-order valence-corrected chi connectivity index (χ3v) is 7.47. The van der Waals surface area contributed by atoms with E-state index in [1.807, 2.05) is 31.2 Å². The molecule has 1 saturated heterocycles. The Hall–Kier alpha value is -2.18. The van der Waals surface area contributed by atoms with Crippen LogP contribution in [0, 0.1) is 11.3 Å². The molecule has 1 aliphatic heterocycles. The molecule has 1 spiro atoms. The van der Waals surface area contributed by atoms with Crippen LogP contribution in [0.15, 0.2) is 34.9 Å². The van der Waals surface area contributed by atoms with Crippen molar-refractivity contribution in [3.05, 3.63) is 41.4 Å². The fourth-order valence-electron chi connectivity index (χ4n) is 4.95. The zero-order valence-electron chi connectivity index (χ0n) is 19.4. The predicted molar refractivity (Wildman–Crippen MR) is 129 cm³/mol. The largest absolute Gasteiger partial charge is 0.438 e. The minimum absolute atomic E-state index is 0.0926. The first-order valence-corrected chi connectivity index (χ1v) is 12.6. The highest BCUT2D eigenvalue weighted by molar-refractivity contribution is 6.30. The van der Waals surface area contributed by atoms with Crippen LogP contribution in [0.4, 0.5) is 0 Å². The van der Waals surface area contributed by atoms with Crippen molar-refractivity contribution >= 4 is 23.3 Å². The summed E-state index contributed by atoms with van der Waals surface area (Å²) in [7, 11) is 0. The first-order chi connectivity index (χ1) is 16.0. The second-order valence-electron chi connectivity index (χ2n) is 9.49. The zero-order valence-corrected chi connectivity index (χ0v) is 20.1. The summed E-state index contributed by atoms with van der Waals surface area (Å²) in [6.07, 6.45) is 9.54. The van der Waals surface area contributed by atoms with Crippen LogP contribution in [0.5, 0.6) is 0 Å². The highest BCUT2D eigenvalue weighted by Crippen LogP contribution is 2.58. The second kappa shape index (κ2) is 10.8. The number of benzene rings is 1. The third-order valence-electron chi connectivity index (χ3n) is 7.22. The fraction of sp³-hybridized carbons (Fsp3) is 0.577. The summed E-state index contributed by atoms with van der Waals surface area (Å²) in [5.74, 6) is 1.72. The van der Waals surface area contributed by atoms with Crippen LogP contribution < -0.4 is 10.6 Å². The van der Waals surface area contributed by atoms with Crippen LogP contribution in [0.25, 0.3) is 11.3 Å². The standard InChI is InChI=1S/C26H34ClN3O3/c1-2-20(31)6-4-3-5-7-22(30-24(32)21-16-26(21)12-14-28-15-13-26)25-29-17-23(33-25)18-8-10-19(27)11-9-18/h8-11,17,21-22,28H,2-7,12-16H2,1H3,(H,30,32)/t21-,22?/m1/s1. The van der Waals surface area contributed by atoms with Crippen molar-refractivity contribution in [2.24, 2.45) is 11.3 Å². The maximum absolute atomic E-state index is 13.1. The Morgan fingerprint density at radius 3 is 2.70 bits per heavy atom. The highest BCUT2D eigenvalue weighted by Gasteiger charge is 2.57. The summed E-state index contributed by atoms with van der Waals surface area (Å²) in [5, 5.41) is 7.31. The predicted octanol–water partition coefficient (Wildman–Crippen LogP) is 5.47. The monoisotopic (exact) mass is 471 g/mol. The number of amides is 1. The molecule has 4 rings (SSSR count). The lowest BCUT2D eigenvalue weighted by Crippen LogP contribution is -2.35. The minimum Gasteiger partial charge on any atom is -0.438 e. The normalized spacial score (nSPS) is 19.9. The number of Topliss-reactive ketones (excluding diaryl/α,β-unsaturated/α-hetero) is 1. The SMILES string of the molecule is CCC(=O)CCCCCC(NC(=O)[C@H]1CC12CCNCC2)c1ncc(-c2ccc(Cl)cc2)o1. The number of ketones is 1. The molecule has 1 unspecified atom stereocenters. The molecular weight excluding hydrogens is 438 g/mol. The van der Waals surface area contributed by atoms with Gasteiger partial charge in [0.05, 0.1) is 6.20 Å². The van der Waals surface area contributed by atoms with Crippen LogP contribution >= 0.6 is 11.6 Å². The first kappa shape index (κ1) is 24.0. The summed E-state index contributed by atoms with van der Waals surface area (Å²) in [6.45, 7) is 3.89. The molecule has 1 amide bonds. The van der Waals surface area contributed by atoms with Gasteiger partial charge < -0.3 is 15.1 Å². The third kappa shape index (κ3) is 6.04. The van der Waals surface area contributed by atoms with Gasteiger partial charge in [0.2, 0.25) is 11.8 Å². The fourth-order valence-corrected chi connectivity index (χ4v) is 5.07. The number of unbranched alkanes of at least 4 members (excludes halogenated alkanes) is 2. The van der Waals surface area contributed by atoms with Gasteiger partial charge in [-0.05, 0) is 74.9 Å². The Labute approximate surface area is 200 Å². The highest BCUT2D eigenvalue weighted by atomic mass is 35.5. The lowest BCUT2D eigenvalue weighted by molar-refractivity contribution is -0.124. The van der Waals surface area contributed by atoms with Crippen molar-refractivity contribution in [3.8, 4) is 11.3 Å². The number of carbonyl (C=O) groups is 2. The smallest absolute Gasteiger partial charge is 0.224 e. The summed E-state index contributed by atoms with van der Waals surface area (Å²) in [6, 6.07) is 7.18.